The number of amides is 6. The van der Waals surface area contributed by atoms with Crippen LogP contribution in [-0.4, -0.2) is 147 Å². The van der Waals surface area contributed by atoms with Crippen molar-refractivity contribution in [2.45, 2.75) is 68.7 Å². The van der Waals surface area contributed by atoms with Gasteiger partial charge in [-0.05, 0) is 12.8 Å². The minimum atomic E-state index is -0.275. The first-order chi connectivity index (χ1) is 23.8. The van der Waals surface area contributed by atoms with Gasteiger partial charge in [0.1, 0.15) is 0 Å². The summed E-state index contributed by atoms with van der Waals surface area (Å²) in [6.07, 6.45) is 4.21. The number of imide groups is 1. The van der Waals surface area contributed by atoms with E-state index in [4.69, 9.17) is 18.9 Å². The number of fused-ring (bicyclic) bond motifs is 1. The number of likely N-dealkylation sites (tertiary alicyclic amines) is 1. The number of carbonyl (C=O) groups is 6. The number of carbonyl (C=O) groups excluding carboxylic acids is 6. The van der Waals surface area contributed by atoms with E-state index in [0.29, 0.717) is 95.5 Å². The summed E-state index contributed by atoms with van der Waals surface area (Å²) in [7, 11) is 3.07. The molecule has 15 nitrogen and oxygen atoms in total. The fourth-order valence-electron chi connectivity index (χ4n) is 5.20. The second-order valence-electron chi connectivity index (χ2n) is 11.6. The zero-order valence-corrected chi connectivity index (χ0v) is 30.5. The quantitative estimate of drug-likeness (QED) is 0.0366. The molecule has 0 unspecified atom stereocenters. The highest BCUT2D eigenvalue weighted by atomic mass is 33.1. The highest BCUT2D eigenvalue weighted by Gasteiger charge is 2.42. The van der Waals surface area contributed by atoms with Gasteiger partial charge in [-0.15, -0.1) is 0 Å². The molecule has 3 aliphatic heterocycles. The molecule has 3 atom stereocenters. The van der Waals surface area contributed by atoms with Gasteiger partial charge in [-0.3, -0.25) is 28.9 Å². The zero-order valence-electron chi connectivity index (χ0n) is 28.0. The van der Waals surface area contributed by atoms with Gasteiger partial charge in [-0.1, -0.05) is 28.0 Å². The van der Waals surface area contributed by atoms with E-state index in [1.807, 2.05) is 11.8 Å². The lowest BCUT2D eigenvalue weighted by molar-refractivity contribution is -0.141. The predicted octanol–water partition coefficient (Wildman–Crippen LogP) is 0.891. The number of Topliss-reactive ketones (excluding diaryl/α,β-unsaturated/α-hetero) is 1. The second kappa shape index (κ2) is 25.0. The summed E-state index contributed by atoms with van der Waals surface area (Å²) in [5.74, 6) is 1.48. The van der Waals surface area contributed by atoms with Crippen LogP contribution in [0.15, 0.2) is 0 Å². The Balaban J connectivity index is 0.968. The van der Waals surface area contributed by atoms with Gasteiger partial charge in [0.2, 0.25) is 23.6 Å². The summed E-state index contributed by atoms with van der Waals surface area (Å²) in [4.78, 5) is 71.5. The Bertz CT molecular complexity index is 1060. The van der Waals surface area contributed by atoms with Gasteiger partial charge >= 0.3 is 6.03 Å². The summed E-state index contributed by atoms with van der Waals surface area (Å²) in [6, 6.07) is 0.376. The number of nitrogens with zero attached hydrogens (tertiary/aromatic N) is 1. The van der Waals surface area contributed by atoms with Crippen molar-refractivity contribution in [1.29, 1.82) is 0 Å². The highest BCUT2D eigenvalue weighted by Crippen LogP contribution is 2.33. The molecule has 0 aromatic rings. The van der Waals surface area contributed by atoms with Gasteiger partial charge in [0, 0.05) is 67.7 Å². The molecule has 4 N–H and O–H groups in total. The van der Waals surface area contributed by atoms with Gasteiger partial charge in [-0.25, -0.2) is 4.79 Å². The molecule has 0 aromatic carbocycles. The van der Waals surface area contributed by atoms with E-state index < -0.39 is 0 Å². The van der Waals surface area contributed by atoms with E-state index in [9.17, 15) is 28.8 Å². The number of thioether (sulfide) groups is 1. The van der Waals surface area contributed by atoms with Crippen LogP contribution >= 0.6 is 33.3 Å². The van der Waals surface area contributed by atoms with Crippen LogP contribution in [0.25, 0.3) is 0 Å². The van der Waals surface area contributed by atoms with E-state index >= 15 is 0 Å². The largest absolute Gasteiger partial charge is 0.379 e. The summed E-state index contributed by atoms with van der Waals surface area (Å²) in [5.41, 5.74) is 0. The van der Waals surface area contributed by atoms with Crippen LogP contribution in [0, 0.1) is 0 Å². The molecule has 3 saturated heterocycles. The van der Waals surface area contributed by atoms with Crippen molar-refractivity contribution >= 4 is 68.8 Å². The van der Waals surface area contributed by atoms with E-state index in [0.717, 1.165) is 29.9 Å². The maximum absolute atomic E-state index is 12.0. The Morgan fingerprint density at radius 1 is 0.735 bits per heavy atom. The molecule has 0 bridgehead atoms. The van der Waals surface area contributed by atoms with Crippen LogP contribution in [0.4, 0.5) is 4.79 Å². The third-order valence-electron chi connectivity index (χ3n) is 7.78. The lowest BCUT2D eigenvalue weighted by atomic mass is 10.0. The molecule has 18 heteroatoms. The number of ether oxygens (including phenoxy) is 4. The Morgan fingerprint density at radius 3 is 2.06 bits per heavy atom. The van der Waals surface area contributed by atoms with Crippen molar-refractivity contribution < 1.29 is 47.7 Å². The monoisotopic (exact) mass is 749 g/mol. The smallest absolute Gasteiger partial charge is 0.315 e. The molecule has 3 rings (SSSR count). The molecule has 0 radical (unpaired) electrons. The zero-order chi connectivity index (χ0) is 35.1. The molecular formula is C31H51N5O10S3. The van der Waals surface area contributed by atoms with Crippen LogP contribution in [-0.2, 0) is 42.9 Å². The van der Waals surface area contributed by atoms with Gasteiger partial charge in [0.15, 0.2) is 5.78 Å². The lowest BCUT2D eigenvalue weighted by Crippen LogP contribution is -2.36. The third-order valence-corrected chi connectivity index (χ3v) is 11.7. The molecule has 0 aromatic heterocycles. The molecule has 3 heterocycles. The Hall–Kier alpha value is -2.09. The Labute approximate surface area is 300 Å². The third kappa shape index (κ3) is 17.6. The van der Waals surface area contributed by atoms with E-state index in [1.165, 1.54) is 10.8 Å². The lowest BCUT2D eigenvalue weighted by Gasteiger charge is -2.16. The van der Waals surface area contributed by atoms with Crippen LogP contribution in [0.1, 0.15) is 51.4 Å². The molecule has 3 aliphatic rings. The molecule has 278 valence electrons. The highest BCUT2D eigenvalue weighted by molar-refractivity contribution is 8.76. The maximum Gasteiger partial charge on any atom is 0.315 e. The van der Waals surface area contributed by atoms with Crippen molar-refractivity contribution in [3.8, 4) is 0 Å². The standard InChI is InChI=1S/C31H51N5O10S3/c37-23(21-36-28(40)5-6-29(36)41)8-19-48-49-20-10-33-27(39)7-11-43-13-15-45-17-18-46-16-14-44-12-9-32-26(38)4-2-1-3-25-30-24(22-47-25)34-31(42)35-30/h24-25,30H,1-22H2,(H,32,38)(H,33,39)(H2,34,35,42)/t24-,25-,30-/m0/s1. The number of ketones is 1. The van der Waals surface area contributed by atoms with Crippen LogP contribution in [0.3, 0.4) is 0 Å². The average Bonchev–Trinajstić information content (AvgIpc) is 3.74. The fourth-order valence-corrected chi connectivity index (χ4v) is 8.68. The summed E-state index contributed by atoms with van der Waals surface area (Å²) in [5, 5.41) is 12.1. The maximum atomic E-state index is 12.0. The van der Waals surface area contributed by atoms with Gasteiger partial charge in [0.05, 0.1) is 71.5 Å². The van der Waals surface area contributed by atoms with Crippen LogP contribution in [0.5, 0.6) is 0 Å². The number of urea groups is 1. The summed E-state index contributed by atoms with van der Waals surface area (Å²) in [6.45, 7) is 4.07. The second-order valence-corrected chi connectivity index (χ2v) is 15.5. The first kappa shape index (κ1) is 41.3. The van der Waals surface area contributed by atoms with Crippen molar-refractivity contribution in [2.24, 2.45) is 0 Å². The summed E-state index contributed by atoms with van der Waals surface area (Å²) >= 11 is 1.89. The number of hydrogen-bond acceptors (Lipinski definition) is 13. The molecule has 6 amide bonds. The van der Waals surface area contributed by atoms with Gasteiger partial charge < -0.3 is 40.2 Å². The number of unbranched alkanes of at least 4 members (excludes halogenated alkanes) is 1. The predicted molar refractivity (Wildman–Crippen MR) is 188 cm³/mol. The van der Waals surface area contributed by atoms with Crippen molar-refractivity contribution in [3.63, 3.8) is 0 Å². The molecular weight excluding hydrogens is 699 g/mol. The fraction of sp³-hybridized carbons (Fsp3) is 0.806. The van der Waals surface area contributed by atoms with Gasteiger partial charge in [0.25, 0.3) is 0 Å². The Kier molecular flexibility index (Phi) is 21.1. The molecule has 0 aliphatic carbocycles. The van der Waals surface area contributed by atoms with E-state index in [-0.39, 0.29) is 73.3 Å². The van der Waals surface area contributed by atoms with Crippen molar-refractivity contribution in [1.82, 2.24) is 26.2 Å². The minimum Gasteiger partial charge on any atom is -0.379 e. The molecule has 0 saturated carbocycles. The first-order valence-electron chi connectivity index (χ1n) is 17.0. The van der Waals surface area contributed by atoms with Crippen molar-refractivity contribution in [2.75, 3.05) is 89.7 Å². The number of nitrogens with one attached hydrogen (secondary N) is 4. The van der Waals surface area contributed by atoms with E-state index in [1.54, 1.807) is 10.8 Å². The SMILES string of the molecule is O=C(CCSSCCNC(=O)CCOCCOCCOCCOCCNC(=O)CCCC[C@@H]1SC[C@@H]2NC(=O)N[C@@H]21)CN1C(=O)CCC1=O. The van der Waals surface area contributed by atoms with E-state index in [2.05, 4.69) is 21.3 Å². The first-order valence-corrected chi connectivity index (χ1v) is 20.5. The Morgan fingerprint density at radius 2 is 1.35 bits per heavy atom. The summed E-state index contributed by atoms with van der Waals surface area (Å²) < 4.78 is 21.8. The number of hydrogen-bond donors (Lipinski definition) is 4. The van der Waals surface area contributed by atoms with Crippen LogP contribution in [0.2, 0.25) is 0 Å². The molecule has 49 heavy (non-hydrogen) atoms. The minimum absolute atomic E-state index is 0.0252. The van der Waals surface area contributed by atoms with Crippen LogP contribution < -0.4 is 21.3 Å². The van der Waals surface area contributed by atoms with Crippen molar-refractivity contribution in [3.05, 3.63) is 0 Å². The topological polar surface area (TPSA) is 191 Å². The normalized spacial score (nSPS) is 20.0. The molecule has 0 spiro atoms. The average molecular weight is 750 g/mol. The molecule has 3 fully saturated rings. The number of rotatable bonds is 29. The van der Waals surface area contributed by atoms with Gasteiger partial charge in [-0.2, -0.15) is 11.8 Å².